The first kappa shape index (κ1) is 17.7. The molecule has 0 unspecified atom stereocenters. The quantitative estimate of drug-likeness (QED) is 0.859. The van der Waals surface area contributed by atoms with Crippen LogP contribution in [0.3, 0.4) is 0 Å². The van der Waals surface area contributed by atoms with Crippen LogP contribution in [-0.4, -0.2) is 38.3 Å². The fraction of sp³-hybridized carbons (Fsp3) is 0.316. The fourth-order valence-corrected chi connectivity index (χ4v) is 3.05. The second kappa shape index (κ2) is 8.34. The molecule has 1 heterocycles. The number of carbonyl (C=O) groups excluding carboxylic acids is 1. The molecule has 0 radical (unpaired) electrons. The molecule has 1 saturated heterocycles. The van der Waals surface area contributed by atoms with E-state index in [-0.39, 0.29) is 18.1 Å². The Kier molecular flexibility index (Phi) is 5.91. The average Bonchev–Trinajstić information content (AvgIpc) is 2.64. The van der Waals surface area contributed by atoms with E-state index in [1.807, 2.05) is 30.3 Å². The van der Waals surface area contributed by atoms with Gasteiger partial charge >= 0.3 is 0 Å². The summed E-state index contributed by atoms with van der Waals surface area (Å²) < 4.78 is 11.3. The summed E-state index contributed by atoms with van der Waals surface area (Å²) in [6, 6.07) is 14.3. The van der Waals surface area contributed by atoms with E-state index in [9.17, 15) is 4.79 Å². The SMILES string of the molecule is CO[C@H]1CNCC[C@H]1NC(=O)c1cc(Cl)ccc1Oc1ccccc1. The maximum Gasteiger partial charge on any atom is 0.255 e. The molecule has 132 valence electrons. The number of methoxy groups -OCH3 is 1. The minimum atomic E-state index is -0.220. The summed E-state index contributed by atoms with van der Waals surface area (Å²) in [6.45, 7) is 1.55. The van der Waals surface area contributed by atoms with E-state index >= 15 is 0 Å². The van der Waals surface area contributed by atoms with Crippen molar-refractivity contribution in [2.24, 2.45) is 0 Å². The van der Waals surface area contributed by atoms with Crippen LogP contribution in [0.25, 0.3) is 0 Å². The van der Waals surface area contributed by atoms with Crippen LogP contribution in [0.5, 0.6) is 11.5 Å². The first-order chi connectivity index (χ1) is 12.2. The highest BCUT2D eigenvalue weighted by molar-refractivity contribution is 6.31. The lowest BCUT2D eigenvalue weighted by molar-refractivity contribution is 0.0476. The van der Waals surface area contributed by atoms with Gasteiger partial charge in [0.2, 0.25) is 0 Å². The van der Waals surface area contributed by atoms with Gasteiger partial charge in [0.25, 0.3) is 5.91 Å². The monoisotopic (exact) mass is 360 g/mol. The molecule has 3 rings (SSSR count). The summed E-state index contributed by atoms with van der Waals surface area (Å²) in [5.41, 5.74) is 0.407. The highest BCUT2D eigenvalue weighted by Gasteiger charge is 2.27. The number of rotatable bonds is 5. The molecule has 5 nitrogen and oxygen atoms in total. The standard InChI is InChI=1S/C19H21ClN2O3/c1-24-18-12-21-10-9-16(18)22-19(23)15-11-13(20)7-8-17(15)25-14-5-3-2-4-6-14/h2-8,11,16,18,21H,9-10,12H2,1H3,(H,22,23)/t16-,18+/m1/s1. The molecule has 2 atom stereocenters. The Bertz CT molecular complexity index is 724. The summed E-state index contributed by atoms with van der Waals surface area (Å²) >= 11 is 6.09. The van der Waals surface area contributed by atoms with Gasteiger partial charge in [-0.2, -0.15) is 0 Å². The number of ether oxygens (including phenoxy) is 2. The zero-order valence-corrected chi connectivity index (χ0v) is 14.8. The van der Waals surface area contributed by atoms with Gasteiger partial charge < -0.3 is 20.1 Å². The second-order valence-corrected chi connectivity index (χ2v) is 6.34. The minimum absolute atomic E-state index is 0.0534. The van der Waals surface area contributed by atoms with Crippen LogP contribution in [-0.2, 0) is 4.74 Å². The van der Waals surface area contributed by atoms with E-state index < -0.39 is 0 Å². The lowest BCUT2D eigenvalue weighted by Gasteiger charge is -2.31. The lowest BCUT2D eigenvalue weighted by Crippen LogP contribution is -2.53. The summed E-state index contributed by atoms with van der Waals surface area (Å²) in [5, 5.41) is 6.79. The predicted octanol–water partition coefficient (Wildman–Crippen LogP) is 3.24. The fourth-order valence-electron chi connectivity index (χ4n) is 2.87. The molecule has 0 bridgehead atoms. The van der Waals surface area contributed by atoms with Crippen molar-refractivity contribution in [2.75, 3.05) is 20.2 Å². The van der Waals surface area contributed by atoms with E-state index in [0.717, 1.165) is 13.0 Å². The van der Waals surface area contributed by atoms with Crippen LogP contribution in [0.1, 0.15) is 16.8 Å². The summed E-state index contributed by atoms with van der Waals surface area (Å²) in [7, 11) is 1.65. The maximum absolute atomic E-state index is 12.8. The topological polar surface area (TPSA) is 59.6 Å². The largest absolute Gasteiger partial charge is 0.457 e. The molecule has 25 heavy (non-hydrogen) atoms. The molecule has 0 aliphatic carbocycles. The zero-order valence-electron chi connectivity index (χ0n) is 14.0. The molecule has 1 aliphatic heterocycles. The number of nitrogens with one attached hydrogen (secondary N) is 2. The molecule has 0 saturated carbocycles. The highest BCUT2D eigenvalue weighted by Crippen LogP contribution is 2.28. The van der Waals surface area contributed by atoms with Gasteiger partial charge in [0, 0.05) is 18.7 Å². The molecule has 1 fully saturated rings. The van der Waals surface area contributed by atoms with Crippen LogP contribution < -0.4 is 15.4 Å². The number of piperidine rings is 1. The molecule has 2 aromatic carbocycles. The van der Waals surface area contributed by atoms with Crippen molar-refractivity contribution in [3.05, 3.63) is 59.1 Å². The van der Waals surface area contributed by atoms with Crippen molar-refractivity contribution in [1.82, 2.24) is 10.6 Å². The Morgan fingerprint density at radius 2 is 2.04 bits per heavy atom. The second-order valence-electron chi connectivity index (χ2n) is 5.90. The smallest absolute Gasteiger partial charge is 0.255 e. The number of hydrogen-bond donors (Lipinski definition) is 2. The number of para-hydroxylation sites is 1. The Morgan fingerprint density at radius 3 is 2.80 bits per heavy atom. The van der Waals surface area contributed by atoms with E-state index in [4.69, 9.17) is 21.1 Å². The Labute approximate surface area is 152 Å². The van der Waals surface area contributed by atoms with E-state index in [1.54, 1.807) is 25.3 Å². The molecule has 1 aliphatic rings. The van der Waals surface area contributed by atoms with Crippen LogP contribution in [0, 0.1) is 0 Å². The van der Waals surface area contributed by atoms with Crippen molar-refractivity contribution in [3.63, 3.8) is 0 Å². The molecular weight excluding hydrogens is 340 g/mol. The van der Waals surface area contributed by atoms with Crippen molar-refractivity contribution in [1.29, 1.82) is 0 Å². The van der Waals surface area contributed by atoms with Crippen LogP contribution in [0.4, 0.5) is 0 Å². The third-order valence-electron chi connectivity index (χ3n) is 4.20. The van der Waals surface area contributed by atoms with Gasteiger partial charge in [0.15, 0.2) is 0 Å². The van der Waals surface area contributed by atoms with Gasteiger partial charge in [-0.15, -0.1) is 0 Å². The molecule has 0 spiro atoms. The third-order valence-corrected chi connectivity index (χ3v) is 4.44. The molecule has 6 heteroatoms. The number of halogens is 1. The van der Waals surface area contributed by atoms with Gasteiger partial charge in [0.05, 0.1) is 17.7 Å². The van der Waals surface area contributed by atoms with Crippen molar-refractivity contribution in [2.45, 2.75) is 18.6 Å². The van der Waals surface area contributed by atoms with Gasteiger partial charge in [-0.05, 0) is 43.3 Å². The average molecular weight is 361 g/mol. The van der Waals surface area contributed by atoms with Gasteiger partial charge in [-0.1, -0.05) is 29.8 Å². The van der Waals surface area contributed by atoms with Crippen LogP contribution in [0.15, 0.2) is 48.5 Å². The summed E-state index contributed by atoms with van der Waals surface area (Å²) in [6.07, 6.45) is 0.745. The van der Waals surface area contributed by atoms with Crippen LogP contribution >= 0.6 is 11.6 Å². The predicted molar refractivity (Wildman–Crippen MR) is 97.5 cm³/mol. The number of amides is 1. The minimum Gasteiger partial charge on any atom is -0.457 e. The van der Waals surface area contributed by atoms with Gasteiger partial charge in [-0.25, -0.2) is 0 Å². The van der Waals surface area contributed by atoms with Crippen molar-refractivity contribution < 1.29 is 14.3 Å². The Hall–Kier alpha value is -2.08. The third kappa shape index (κ3) is 4.51. The van der Waals surface area contributed by atoms with Crippen LogP contribution in [0.2, 0.25) is 5.02 Å². The Morgan fingerprint density at radius 1 is 1.24 bits per heavy atom. The molecule has 1 amide bonds. The van der Waals surface area contributed by atoms with E-state index in [0.29, 0.717) is 28.6 Å². The first-order valence-electron chi connectivity index (χ1n) is 8.24. The normalized spacial score (nSPS) is 20.1. The van der Waals surface area contributed by atoms with Gasteiger partial charge in [-0.3, -0.25) is 4.79 Å². The maximum atomic E-state index is 12.8. The van der Waals surface area contributed by atoms with Crippen molar-refractivity contribution >= 4 is 17.5 Å². The number of hydrogen-bond acceptors (Lipinski definition) is 4. The molecular formula is C19H21ClN2O3. The summed E-state index contributed by atoms with van der Waals surface area (Å²) in [5.74, 6) is 0.911. The van der Waals surface area contributed by atoms with Crippen molar-refractivity contribution in [3.8, 4) is 11.5 Å². The van der Waals surface area contributed by atoms with E-state index in [1.165, 1.54) is 0 Å². The number of carbonyl (C=O) groups is 1. The number of benzene rings is 2. The zero-order chi connectivity index (χ0) is 17.6. The molecule has 2 aromatic rings. The molecule has 0 aromatic heterocycles. The first-order valence-corrected chi connectivity index (χ1v) is 8.62. The molecule has 2 N–H and O–H groups in total. The van der Waals surface area contributed by atoms with E-state index in [2.05, 4.69) is 10.6 Å². The summed E-state index contributed by atoms with van der Waals surface area (Å²) in [4.78, 5) is 12.8. The van der Waals surface area contributed by atoms with Gasteiger partial charge in [0.1, 0.15) is 11.5 Å². The lowest BCUT2D eigenvalue weighted by atomic mass is 10.0. The highest BCUT2D eigenvalue weighted by atomic mass is 35.5. The Balaban J connectivity index is 1.80.